The summed E-state index contributed by atoms with van der Waals surface area (Å²) in [6.07, 6.45) is 12.2. The number of methoxy groups -OCH3 is 1. The molecule has 2 aliphatic carbocycles. The van der Waals surface area contributed by atoms with E-state index in [1.807, 2.05) is 6.07 Å². The summed E-state index contributed by atoms with van der Waals surface area (Å²) in [5, 5.41) is 0. The summed E-state index contributed by atoms with van der Waals surface area (Å²) in [5.74, 6) is 3.94. The minimum atomic E-state index is 0.118. The summed E-state index contributed by atoms with van der Waals surface area (Å²) >= 11 is 0. The van der Waals surface area contributed by atoms with Crippen LogP contribution in [0.3, 0.4) is 0 Å². The number of benzene rings is 2. The molecule has 2 nitrogen and oxygen atoms in total. The van der Waals surface area contributed by atoms with Crippen LogP contribution in [0, 0.1) is 24.7 Å². The Bertz CT molecular complexity index is 827. The maximum absolute atomic E-state index is 6.87. The van der Waals surface area contributed by atoms with E-state index in [0.717, 1.165) is 23.3 Å². The Morgan fingerprint density at radius 1 is 0.933 bits per heavy atom. The van der Waals surface area contributed by atoms with Gasteiger partial charge in [-0.05, 0) is 66.8 Å². The molecule has 0 aromatic heterocycles. The van der Waals surface area contributed by atoms with E-state index >= 15 is 0 Å². The highest BCUT2D eigenvalue weighted by Gasteiger charge is 2.37. The van der Waals surface area contributed by atoms with Gasteiger partial charge >= 0.3 is 0 Å². The van der Waals surface area contributed by atoms with E-state index in [1.165, 1.54) is 74.5 Å². The predicted octanol–water partition coefficient (Wildman–Crippen LogP) is 7.68. The molecule has 0 bridgehead atoms. The minimum Gasteiger partial charge on any atom is -0.493 e. The molecule has 162 valence electrons. The van der Waals surface area contributed by atoms with Gasteiger partial charge in [0.1, 0.15) is 6.10 Å². The highest BCUT2D eigenvalue weighted by atomic mass is 16.5. The van der Waals surface area contributed by atoms with Crippen molar-refractivity contribution in [1.29, 1.82) is 0 Å². The number of aryl methyl sites for hydroxylation is 2. The third kappa shape index (κ3) is 4.68. The van der Waals surface area contributed by atoms with Gasteiger partial charge < -0.3 is 9.47 Å². The van der Waals surface area contributed by atoms with E-state index in [1.54, 1.807) is 7.11 Å². The van der Waals surface area contributed by atoms with E-state index in [-0.39, 0.29) is 6.10 Å². The molecule has 0 aliphatic heterocycles. The van der Waals surface area contributed by atoms with Crippen LogP contribution in [0.2, 0.25) is 0 Å². The van der Waals surface area contributed by atoms with Crippen LogP contribution in [-0.4, -0.2) is 7.11 Å². The second kappa shape index (κ2) is 9.90. The SMILES string of the molecule is CCC1CCCCCC(C2CCc3ccccc3C2Oc2cc(C)ccc2OC)C1. The van der Waals surface area contributed by atoms with Gasteiger partial charge in [-0.2, -0.15) is 0 Å². The molecule has 2 aromatic carbocycles. The zero-order valence-electron chi connectivity index (χ0n) is 19.0. The molecule has 30 heavy (non-hydrogen) atoms. The average molecular weight is 407 g/mol. The Hall–Kier alpha value is -1.96. The van der Waals surface area contributed by atoms with Crippen molar-refractivity contribution in [3.8, 4) is 11.5 Å². The normalized spacial score (nSPS) is 26.9. The molecule has 1 saturated carbocycles. The lowest BCUT2D eigenvalue weighted by molar-refractivity contribution is 0.0576. The van der Waals surface area contributed by atoms with E-state index < -0.39 is 0 Å². The molecule has 2 heteroatoms. The lowest BCUT2D eigenvalue weighted by Gasteiger charge is -2.40. The van der Waals surface area contributed by atoms with E-state index in [2.05, 4.69) is 50.2 Å². The summed E-state index contributed by atoms with van der Waals surface area (Å²) in [4.78, 5) is 0. The maximum atomic E-state index is 6.87. The number of hydrogen-bond donors (Lipinski definition) is 0. The molecule has 0 saturated heterocycles. The molecule has 0 amide bonds. The van der Waals surface area contributed by atoms with Gasteiger partial charge in [-0.25, -0.2) is 0 Å². The fourth-order valence-electron chi connectivity index (χ4n) is 5.83. The van der Waals surface area contributed by atoms with Crippen LogP contribution in [0.5, 0.6) is 11.5 Å². The largest absolute Gasteiger partial charge is 0.493 e. The van der Waals surface area contributed by atoms with Crippen LogP contribution in [-0.2, 0) is 6.42 Å². The van der Waals surface area contributed by atoms with Gasteiger partial charge in [0, 0.05) is 5.92 Å². The number of rotatable bonds is 5. The summed E-state index contributed by atoms with van der Waals surface area (Å²) in [7, 11) is 1.74. The predicted molar refractivity (Wildman–Crippen MR) is 124 cm³/mol. The van der Waals surface area contributed by atoms with Gasteiger partial charge in [0.25, 0.3) is 0 Å². The van der Waals surface area contributed by atoms with Crippen molar-refractivity contribution in [2.75, 3.05) is 7.11 Å². The molecule has 4 rings (SSSR count). The number of ether oxygens (including phenoxy) is 2. The highest BCUT2D eigenvalue weighted by molar-refractivity contribution is 5.44. The summed E-state index contributed by atoms with van der Waals surface area (Å²) < 4.78 is 12.5. The molecule has 1 fully saturated rings. The first kappa shape index (κ1) is 21.3. The molecule has 4 atom stereocenters. The monoisotopic (exact) mass is 406 g/mol. The summed E-state index contributed by atoms with van der Waals surface area (Å²) in [5.41, 5.74) is 4.07. The van der Waals surface area contributed by atoms with Gasteiger partial charge in [-0.3, -0.25) is 0 Å². The van der Waals surface area contributed by atoms with Crippen LogP contribution >= 0.6 is 0 Å². The van der Waals surface area contributed by atoms with Crippen LogP contribution in [0.15, 0.2) is 42.5 Å². The van der Waals surface area contributed by atoms with Crippen LogP contribution in [0.4, 0.5) is 0 Å². The number of hydrogen-bond acceptors (Lipinski definition) is 2. The molecule has 0 spiro atoms. The fourth-order valence-corrected chi connectivity index (χ4v) is 5.83. The molecule has 0 N–H and O–H groups in total. The topological polar surface area (TPSA) is 18.5 Å². The number of fused-ring (bicyclic) bond motifs is 1. The fraction of sp³-hybridized carbons (Fsp3) is 0.571. The van der Waals surface area contributed by atoms with Gasteiger partial charge in [0.15, 0.2) is 11.5 Å². The van der Waals surface area contributed by atoms with Crippen LogP contribution in [0.1, 0.15) is 81.1 Å². The minimum absolute atomic E-state index is 0.118. The lowest BCUT2D eigenvalue weighted by atomic mass is 9.69. The molecule has 0 heterocycles. The summed E-state index contributed by atoms with van der Waals surface area (Å²) in [6, 6.07) is 15.2. The summed E-state index contributed by atoms with van der Waals surface area (Å²) in [6.45, 7) is 4.50. The zero-order chi connectivity index (χ0) is 20.9. The van der Waals surface area contributed by atoms with Crippen LogP contribution in [0.25, 0.3) is 0 Å². The van der Waals surface area contributed by atoms with Crippen LogP contribution < -0.4 is 9.47 Å². The first-order valence-corrected chi connectivity index (χ1v) is 12.1. The maximum Gasteiger partial charge on any atom is 0.162 e. The third-order valence-electron chi connectivity index (χ3n) is 7.58. The molecule has 2 aliphatic rings. The zero-order valence-corrected chi connectivity index (χ0v) is 19.0. The first-order valence-electron chi connectivity index (χ1n) is 12.1. The molecule has 4 unspecified atom stereocenters. The van der Waals surface area contributed by atoms with E-state index in [4.69, 9.17) is 9.47 Å². The van der Waals surface area contributed by atoms with Gasteiger partial charge in [-0.15, -0.1) is 0 Å². The highest BCUT2D eigenvalue weighted by Crippen LogP contribution is 2.47. The second-order valence-electron chi connectivity index (χ2n) is 9.50. The Balaban J connectivity index is 1.68. The van der Waals surface area contributed by atoms with Crippen molar-refractivity contribution in [2.45, 2.75) is 77.7 Å². The molecular formula is C28H38O2. The standard InChI is InChI=1S/C28H38O2/c1-4-21-10-6-5-7-12-23(19-21)25-16-15-22-11-8-9-13-24(22)28(25)30-27-18-20(2)14-17-26(27)29-3/h8-9,11,13-14,17-18,21,23,25,28H,4-7,10,12,15-16,19H2,1-3H3. The van der Waals surface area contributed by atoms with E-state index in [0.29, 0.717) is 5.92 Å². The van der Waals surface area contributed by atoms with E-state index in [9.17, 15) is 0 Å². The lowest BCUT2D eigenvalue weighted by Crippen LogP contribution is -2.32. The van der Waals surface area contributed by atoms with Crippen molar-refractivity contribution in [2.24, 2.45) is 17.8 Å². The average Bonchev–Trinajstić information content (AvgIpc) is 2.75. The first-order chi connectivity index (χ1) is 14.7. The Kier molecular flexibility index (Phi) is 7.02. The van der Waals surface area contributed by atoms with Gasteiger partial charge in [0.2, 0.25) is 0 Å². The smallest absolute Gasteiger partial charge is 0.162 e. The Morgan fingerprint density at radius 2 is 1.77 bits per heavy atom. The molecular weight excluding hydrogens is 368 g/mol. The second-order valence-corrected chi connectivity index (χ2v) is 9.50. The molecule has 2 aromatic rings. The van der Waals surface area contributed by atoms with Crippen molar-refractivity contribution in [3.05, 3.63) is 59.2 Å². The molecule has 0 radical (unpaired) electrons. The quantitative estimate of drug-likeness (QED) is 0.507. The van der Waals surface area contributed by atoms with Crippen molar-refractivity contribution < 1.29 is 9.47 Å². The van der Waals surface area contributed by atoms with Crippen molar-refractivity contribution in [1.82, 2.24) is 0 Å². The Labute approximate surface area is 183 Å². The Morgan fingerprint density at radius 3 is 2.60 bits per heavy atom. The van der Waals surface area contributed by atoms with Gasteiger partial charge in [0.05, 0.1) is 7.11 Å². The third-order valence-corrected chi connectivity index (χ3v) is 7.58. The van der Waals surface area contributed by atoms with Crippen molar-refractivity contribution in [3.63, 3.8) is 0 Å². The van der Waals surface area contributed by atoms with Crippen molar-refractivity contribution >= 4 is 0 Å². The van der Waals surface area contributed by atoms with Gasteiger partial charge in [-0.1, -0.05) is 75.8 Å².